The molecule has 3 aromatic heterocycles. The Morgan fingerprint density at radius 2 is 2.04 bits per heavy atom. The van der Waals surface area contributed by atoms with Gasteiger partial charge in [-0.05, 0) is 39.6 Å². The van der Waals surface area contributed by atoms with Gasteiger partial charge in [0.2, 0.25) is 0 Å². The SMILES string of the molecule is Cc1nccc2sc(C(C#N)c3ccnc(OCCCN(C)C)n3)nc12. The number of nitriles is 1. The van der Waals surface area contributed by atoms with Crippen molar-refractivity contribution in [3.63, 3.8) is 0 Å². The predicted molar refractivity (Wildman–Crippen MR) is 100 cm³/mol. The first-order valence-electron chi connectivity index (χ1n) is 8.30. The van der Waals surface area contributed by atoms with Gasteiger partial charge in [-0.2, -0.15) is 10.2 Å². The third kappa shape index (κ3) is 4.12. The van der Waals surface area contributed by atoms with Gasteiger partial charge >= 0.3 is 6.01 Å². The normalized spacial score (nSPS) is 12.3. The van der Waals surface area contributed by atoms with Crippen LogP contribution in [0.2, 0.25) is 0 Å². The quantitative estimate of drug-likeness (QED) is 0.593. The molecule has 3 rings (SSSR count). The summed E-state index contributed by atoms with van der Waals surface area (Å²) in [5.41, 5.74) is 2.28. The molecule has 0 bridgehead atoms. The number of aromatic nitrogens is 4. The molecule has 0 aliphatic carbocycles. The Bertz CT molecular complexity index is 933. The molecule has 0 fully saturated rings. The van der Waals surface area contributed by atoms with Crippen molar-refractivity contribution >= 4 is 21.6 Å². The first-order valence-corrected chi connectivity index (χ1v) is 9.12. The highest BCUT2D eigenvalue weighted by Gasteiger charge is 2.21. The van der Waals surface area contributed by atoms with E-state index in [0.29, 0.717) is 23.3 Å². The molecule has 0 saturated heterocycles. The number of pyridine rings is 1. The van der Waals surface area contributed by atoms with Crippen molar-refractivity contribution in [2.24, 2.45) is 0 Å². The number of aryl methyl sites for hydroxylation is 1. The van der Waals surface area contributed by atoms with Crippen molar-refractivity contribution in [2.75, 3.05) is 27.2 Å². The van der Waals surface area contributed by atoms with Crippen molar-refractivity contribution in [1.82, 2.24) is 24.8 Å². The van der Waals surface area contributed by atoms with Gasteiger partial charge in [-0.1, -0.05) is 0 Å². The molecule has 0 N–H and O–H groups in total. The summed E-state index contributed by atoms with van der Waals surface area (Å²) in [7, 11) is 4.04. The van der Waals surface area contributed by atoms with E-state index in [1.807, 2.05) is 27.1 Å². The Balaban J connectivity index is 1.80. The molecule has 0 aromatic carbocycles. The van der Waals surface area contributed by atoms with Crippen LogP contribution < -0.4 is 4.74 Å². The lowest BCUT2D eigenvalue weighted by Gasteiger charge is -2.10. The average Bonchev–Trinajstić information content (AvgIpc) is 3.05. The van der Waals surface area contributed by atoms with E-state index in [1.165, 1.54) is 11.3 Å². The first kappa shape index (κ1) is 18.2. The van der Waals surface area contributed by atoms with Crippen LogP contribution in [0.3, 0.4) is 0 Å². The van der Waals surface area contributed by atoms with Crippen LogP contribution >= 0.6 is 11.3 Å². The number of nitrogens with zero attached hydrogens (tertiary/aromatic N) is 6. The molecule has 134 valence electrons. The summed E-state index contributed by atoms with van der Waals surface area (Å²) < 4.78 is 6.64. The Hall–Kier alpha value is -2.63. The van der Waals surface area contributed by atoms with Crippen LogP contribution in [0.15, 0.2) is 24.5 Å². The zero-order valence-electron chi connectivity index (χ0n) is 15.0. The van der Waals surface area contributed by atoms with Crippen LogP contribution in [-0.4, -0.2) is 52.1 Å². The molecule has 0 radical (unpaired) electrons. The zero-order valence-corrected chi connectivity index (χ0v) is 15.8. The highest BCUT2D eigenvalue weighted by Crippen LogP contribution is 2.31. The highest BCUT2D eigenvalue weighted by atomic mass is 32.1. The number of rotatable bonds is 7. The second-order valence-electron chi connectivity index (χ2n) is 6.13. The van der Waals surface area contributed by atoms with Crippen LogP contribution in [0.25, 0.3) is 10.2 Å². The van der Waals surface area contributed by atoms with E-state index < -0.39 is 5.92 Å². The molecule has 26 heavy (non-hydrogen) atoms. The van der Waals surface area contributed by atoms with Crippen molar-refractivity contribution < 1.29 is 4.74 Å². The molecule has 0 aliphatic rings. The standard InChI is InChI=1S/C18H20N6OS/c1-12-16-15(6-8-20-12)26-17(23-16)13(11-19)14-5-7-21-18(22-14)25-10-4-9-24(2)3/h5-8,13H,4,9-10H2,1-3H3. The average molecular weight is 368 g/mol. The van der Waals surface area contributed by atoms with Crippen molar-refractivity contribution in [1.29, 1.82) is 5.26 Å². The van der Waals surface area contributed by atoms with Gasteiger partial charge in [-0.3, -0.25) is 4.98 Å². The van der Waals surface area contributed by atoms with Crippen molar-refractivity contribution in [2.45, 2.75) is 19.3 Å². The fourth-order valence-corrected chi connectivity index (χ4v) is 3.57. The molecule has 0 spiro atoms. The molecule has 7 nitrogen and oxygen atoms in total. The fourth-order valence-electron chi connectivity index (χ4n) is 2.50. The minimum Gasteiger partial charge on any atom is -0.463 e. The smallest absolute Gasteiger partial charge is 0.316 e. The van der Waals surface area contributed by atoms with Crippen LogP contribution in [-0.2, 0) is 0 Å². The first-order chi connectivity index (χ1) is 12.6. The number of hydrogen-bond acceptors (Lipinski definition) is 8. The van der Waals surface area contributed by atoms with Crippen LogP contribution in [0.4, 0.5) is 0 Å². The summed E-state index contributed by atoms with van der Waals surface area (Å²) in [5.74, 6) is -0.557. The van der Waals surface area contributed by atoms with E-state index in [9.17, 15) is 5.26 Å². The van der Waals surface area contributed by atoms with E-state index in [-0.39, 0.29) is 0 Å². The lowest BCUT2D eigenvalue weighted by atomic mass is 10.1. The summed E-state index contributed by atoms with van der Waals surface area (Å²) in [6.45, 7) is 3.38. The maximum atomic E-state index is 9.69. The molecule has 1 atom stereocenters. The molecular weight excluding hydrogens is 348 g/mol. The molecule has 3 aromatic rings. The number of fused-ring (bicyclic) bond motifs is 1. The second kappa shape index (κ2) is 8.17. The van der Waals surface area contributed by atoms with E-state index >= 15 is 0 Å². The lowest BCUT2D eigenvalue weighted by Crippen LogP contribution is -2.16. The Kier molecular flexibility index (Phi) is 5.71. The maximum absolute atomic E-state index is 9.69. The van der Waals surface area contributed by atoms with Gasteiger partial charge in [0.1, 0.15) is 16.4 Å². The van der Waals surface area contributed by atoms with Gasteiger partial charge in [0, 0.05) is 18.9 Å². The Labute approximate surface area is 156 Å². The second-order valence-corrected chi connectivity index (χ2v) is 7.19. The summed E-state index contributed by atoms with van der Waals surface area (Å²) in [6, 6.07) is 6.24. The largest absolute Gasteiger partial charge is 0.463 e. The Morgan fingerprint density at radius 1 is 1.23 bits per heavy atom. The van der Waals surface area contributed by atoms with Crippen LogP contribution in [0.1, 0.15) is 28.7 Å². The molecule has 0 amide bonds. The minimum atomic E-state index is -0.557. The zero-order chi connectivity index (χ0) is 18.5. The number of thiazole rings is 1. The van der Waals surface area contributed by atoms with E-state index in [1.54, 1.807) is 18.5 Å². The molecule has 0 aliphatic heterocycles. The van der Waals surface area contributed by atoms with Crippen LogP contribution in [0, 0.1) is 18.3 Å². The fraction of sp³-hybridized carbons (Fsp3) is 0.389. The summed E-state index contributed by atoms with van der Waals surface area (Å²) >= 11 is 1.49. The van der Waals surface area contributed by atoms with Gasteiger partial charge < -0.3 is 9.64 Å². The lowest BCUT2D eigenvalue weighted by molar-refractivity contribution is 0.263. The summed E-state index contributed by atoms with van der Waals surface area (Å²) in [4.78, 5) is 19.5. The van der Waals surface area contributed by atoms with E-state index in [2.05, 4.69) is 30.9 Å². The predicted octanol–water partition coefficient (Wildman–Crippen LogP) is 2.78. The van der Waals surface area contributed by atoms with Crippen LogP contribution in [0.5, 0.6) is 6.01 Å². The topological polar surface area (TPSA) is 87.8 Å². The van der Waals surface area contributed by atoms with Crippen molar-refractivity contribution in [3.05, 3.63) is 40.9 Å². The molecule has 3 heterocycles. The molecular formula is C18H20N6OS. The Morgan fingerprint density at radius 3 is 2.77 bits per heavy atom. The van der Waals surface area contributed by atoms with Gasteiger partial charge in [-0.25, -0.2) is 9.97 Å². The monoisotopic (exact) mass is 368 g/mol. The van der Waals surface area contributed by atoms with Gasteiger partial charge in [0.15, 0.2) is 0 Å². The summed E-state index contributed by atoms with van der Waals surface area (Å²) in [6.07, 6.45) is 4.26. The molecule has 1 unspecified atom stereocenters. The van der Waals surface area contributed by atoms with E-state index in [0.717, 1.165) is 28.9 Å². The number of hydrogen-bond donors (Lipinski definition) is 0. The van der Waals surface area contributed by atoms with Gasteiger partial charge in [-0.15, -0.1) is 11.3 Å². The minimum absolute atomic E-state index is 0.292. The van der Waals surface area contributed by atoms with E-state index in [4.69, 9.17) is 4.74 Å². The molecule has 8 heteroatoms. The molecule has 0 saturated carbocycles. The van der Waals surface area contributed by atoms with Gasteiger partial charge in [0.05, 0.1) is 28.8 Å². The number of ether oxygens (including phenoxy) is 1. The van der Waals surface area contributed by atoms with Gasteiger partial charge in [0.25, 0.3) is 0 Å². The highest BCUT2D eigenvalue weighted by molar-refractivity contribution is 7.18. The third-order valence-electron chi connectivity index (χ3n) is 3.81. The summed E-state index contributed by atoms with van der Waals surface area (Å²) in [5, 5.41) is 10.4. The maximum Gasteiger partial charge on any atom is 0.316 e. The third-order valence-corrected chi connectivity index (χ3v) is 4.90. The van der Waals surface area contributed by atoms with Crippen molar-refractivity contribution in [3.8, 4) is 12.1 Å².